The van der Waals surface area contributed by atoms with E-state index in [0.717, 1.165) is 22.3 Å². The van der Waals surface area contributed by atoms with Gasteiger partial charge in [0, 0.05) is 25.0 Å². The third-order valence-corrected chi connectivity index (χ3v) is 2.53. The molecule has 0 saturated carbocycles. The fraction of sp³-hybridized carbons (Fsp3) is 0.100. The number of aryl methyl sites for hydroxylation is 1. The highest BCUT2D eigenvalue weighted by atomic mass is 15.3. The van der Waals surface area contributed by atoms with Crippen LogP contribution in [-0.2, 0) is 7.05 Å². The van der Waals surface area contributed by atoms with E-state index in [2.05, 4.69) is 20.3 Å². The van der Waals surface area contributed by atoms with Crippen LogP contribution in [0.4, 0.5) is 5.69 Å². The molecule has 0 aliphatic heterocycles. The molecule has 0 spiro atoms. The summed E-state index contributed by atoms with van der Waals surface area (Å²) in [6.07, 6.45) is 5.18. The summed E-state index contributed by atoms with van der Waals surface area (Å²) in [7, 11) is 1.85. The molecular formula is C10H10N6. The molecule has 3 aromatic rings. The standard InChI is InChI=1S/C10H10N6/c1-16-10-7(11)2-3-12-9(10)8(15-16)6-4-13-14-5-6/h2-5H,1H3,(H2,11,12)(H,13,14). The molecule has 16 heavy (non-hydrogen) atoms. The summed E-state index contributed by atoms with van der Waals surface area (Å²) in [5, 5.41) is 11.1. The van der Waals surface area contributed by atoms with E-state index in [1.54, 1.807) is 29.3 Å². The lowest BCUT2D eigenvalue weighted by molar-refractivity contribution is 0.801. The van der Waals surface area contributed by atoms with Crippen molar-refractivity contribution in [3.63, 3.8) is 0 Å². The molecule has 0 radical (unpaired) electrons. The van der Waals surface area contributed by atoms with E-state index in [-0.39, 0.29) is 0 Å². The van der Waals surface area contributed by atoms with Gasteiger partial charge in [0.2, 0.25) is 0 Å². The van der Waals surface area contributed by atoms with Gasteiger partial charge in [-0.25, -0.2) is 0 Å². The Labute approximate surface area is 91.1 Å². The molecule has 0 aliphatic rings. The molecule has 3 rings (SSSR count). The lowest BCUT2D eigenvalue weighted by Crippen LogP contribution is -1.94. The van der Waals surface area contributed by atoms with Crippen molar-refractivity contribution in [1.82, 2.24) is 25.0 Å². The van der Waals surface area contributed by atoms with Crippen molar-refractivity contribution in [2.45, 2.75) is 0 Å². The Kier molecular flexibility index (Phi) is 1.70. The number of fused-ring (bicyclic) bond motifs is 1. The van der Waals surface area contributed by atoms with Crippen molar-refractivity contribution >= 4 is 16.7 Å². The SMILES string of the molecule is Cn1nc(-c2cn[nH]c2)c2nccc(N)c21. The maximum atomic E-state index is 5.90. The van der Waals surface area contributed by atoms with Crippen molar-refractivity contribution in [2.75, 3.05) is 5.73 Å². The second-order valence-corrected chi connectivity index (χ2v) is 3.56. The van der Waals surface area contributed by atoms with Gasteiger partial charge in [0.05, 0.1) is 11.9 Å². The third-order valence-electron chi connectivity index (χ3n) is 2.53. The number of hydrogen-bond acceptors (Lipinski definition) is 4. The molecule has 0 aliphatic carbocycles. The Hall–Kier alpha value is -2.37. The largest absolute Gasteiger partial charge is 0.397 e. The molecule has 6 heteroatoms. The Balaban J connectivity index is 2.40. The quantitative estimate of drug-likeness (QED) is 0.631. The second-order valence-electron chi connectivity index (χ2n) is 3.56. The number of pyridine rings is 1. The Bertz CT molecular complexity index is 637. The van der Waals surface area contributed by atoms with Crippen LogP contribution in [0.15, 0.2) is 24.7 Å². The van der Waals surface area contributed by atoms with Crippen LogP contribution in [0.5, 0.6) is 0 Å². The van der Waals surface area contributed by atoms with Crippen molar-refractivity contribution in [3.8, 4) is 11.3 Å². The van der Waals surface area contributed by atoms with Crippen molar-refractivity contribution in [1.29, 1.82) is 0 Å². The molecule has 0 fully saturated rings. The van der Waals surface area contributed by atoms with Gasteiger partial charge in [-0.3, -0.25) is 14.8 Å². The molecule has 3 aromatic heterocycles. The average Bonchev–Trinajstić information content (AvgIpc) is 2.86. The fourth-order valence-corrected chi connectivity index (χ4v) is 1.80. The summed E-state index contributed by atoms with van der Waals surface area (Å²) in [4.78, 5) is 4.31. The molecule has 3 N–H and O–H groups in total. The van der Waals surface area contributed by atoms with Gasteiger partial charge in [-0.15, -0.1) is 0 Å². The molecule has 0 unspecified atom stereocenters. The van der Waals surface area contributed by atoms with Gasteiger partial charge in [-0.2, -0.15) is 10.2 Å². The van der Waals surface area contributed by atoms with Crippen LogP contribution in [0, 0.1) is 0 Å². The summed E-state index contributed by atoms with van der Waals surface area (Å²) < 4.78 is 1.74. The molecule has 0 bridgehead atoms. The summed E-state index contributed by atoms with van der Waals surface area (Å²) in [6.45, 7) is 0. The van der Waals surface area contributed by atoms with Gasteiger partial charge < -0.3 is 5.73 Å². The minimum atomic E-state index is 0.676. The molecular weight excluding hydrogens is 204 g/mol. The Morgan fingerprint density at radius 3 is 3.06 bits per heavy atom. The zero-order chi connectivity index (χ0) is 11.1. The lowest BCUT2D eigenvalue weighted by Gasteiger charge is -1.96. The number of hydrogen-bond donors (Lipinski definition) is 2. The fourth-order valence-electron chi connectivity index (χ4n) is 1.80. The van der Waals surface area contributed by atoms with Crippen molar-refractivity contribution in [2.24, 2.45) is 7.05 Å². The normalized spacial score (nSPS) is 11.1. The smallest absolute Gasteiger partial charge is 0.122 e. The van der Waals surface area contributed by atoms with E-state index < -0.39 is 0 Å². The minimum absolute atomic E-state index is 0.676. The van der Waals surface area contributed by atoms with Crippen molar-refractivity contribution in [3.05, 3.63) is 24.7 Å². The summed E-state index contributed by atoms with van der Waals surface area (Å²) in [5.74, 6) is 0. The van der Waals surface area contributed by atoms with E-state index in [1.165, 1.54) is 0 Å². The van der Waals surface area contributed by atoms with Crippen molar-refractivity contribution < 1.29 is 0 Å². The summed E-state index contributed by atoms with van der Waals surface area (Å²) in [5.41, 5.74) is 9.91. The van der Waals surface area contributed by atoms with Crippen LogP contribution in [0.2, 0.25) is 0 Å². The van der Waals surface area contributed by atoms with E-state index in [9.17, 15) is 0 Å². The number of H-pyrrole nitrogens is 1. The molecule has 80 valence electrons. The van der Waals surface area contributed by atoms with Crippen LogP contribution >= 0.6 is 0 Å². The number of aromatic amines is 1. The second kappa shape index (κ2) is 3.06. The maximum Gasteiger partial charge on any atom is 0.122 e. The number of nitrogen functional groups attached to an aromatic ring is 1. The monoisotopic (exact) mass is 214 g/mol. The molecule has 0 atom stereocenters. The first kappa shape index (κ1) is 8.90. The number of nitrogens with two attached hydrogens (primary N) is 1. The van der Waals surface area contributed by atoms with Crippen LogP contribution in [-0.4, -0.2) is 25.0 Å². The molecule has 6 nitrogen and oxygen atoms in total. The van der Waals surface area contributed by atoms with Gasteiger partial charge in [0.1, 0.15) is 16.7 Å². The van der Waals surface area contributed by atoms with Gasteiger partial charge in [0.25, 0.3) is 0 Å². The first-order valence-corrected chi connectivity index (χ1v) is 4.83. The first-order valence-electron chi connectivity index (χ1n) is 4.83. The summed E-state index contributed by atoms with van der Waals surface area (Å²) >= 11 is 0. The number of rotatable bonds is 1. The van der Waals surface area contributed by atoms with E-state index >= 15 is 0 Å². The Morgan fingerprint density at radius 2 is 2.31 bits per heavy atom. The highest BCUT2D eigenvalue weighted by Gasteiger charge is 2.14. The van der Waals surface area contributed by atoms with Crippen LogP contribution in [0.1, 0.15) is 0 Å². The van der Waals surface area contributed by atoms with E-state index in [0.29, 0.717) is 5.69 Å². The van der Waals surface area contributed by atoms with Gasteiger partial charge in [-0.05, 0) is 6.07 Å². The van der Waals surface area contributed by atoms with Crippen LogP contribution in [0.25, 0.3) is 22.3 Å². The van der Waals surface area contributed by atoms with Gasteiger partial charge in [0.15, 0.2) is 0 Å². The number of aromatic nitrogens is 5. The molecule has 0 saturated heterocycles. The molecule has 3 heterocycles. The average molecular weight is 214 g/mol. The predicted molar refractivity (Wildman–Crippen MR) is 60.5 cm³/mol. The van der Waals surface area contributed by atoms with Crippen LogP contribution < -0.4 is 5.73 Å². The number of nitrogens with one attached hydrogen (secondary N) is 1. The van der Waals surface area contributed by atoms with E-state index in [4.69, 9.17) is 5.73 Å². The lowest BCUT2D eigenvalue weighted by atomic mass is 10.2. The predicted octanol–water partition coefficient (Wildman–Crippen LogP) is 0.941. The zero-order valence-electron chi connectivity index (χ0n) is 8.68. The molecule has 0 amide bonds. The van der Waals surface area contributed by atoms with Gasteiger partial charge in [-0.1, -0.05) is 0 Å². The van der Waals surface area contributed by atoms with Crippen LogP contribution in [0.3, 0.4) is 0 Å². The highest BCUT2D eigenvalue weighted by Crippen LogP contribution is 2.27. The number of anilines is 1. The molecule has 0 aromatic carbocycles. The minimum Gasteiger partial charge on any atom is -0.397 e. The highest BCUT2D eigenvalue weighted by molar-refractivity contribution is 5.95. The Morgan fingerprint density at radius 1 is 1.44 bits per heavy atom. The van der Waals surface area contributed by atoms with E-state index in [1.807, 2.05) is 7.05 Å². The van der Waals surface area contributed by atoms with Gasteiger partial charge >= 0.3 is 0 Å². The maximum absolute atomic E-state index is 5.90. The third kappa shape index (κ3) is 1.10. The zero-order valence-corrected chi connectivity index (χ0v) is 8.68. The first-order chi connectivity index (χ1) is 7.77. The summed E-state index contributed by atoms with van der Waals surface area (Å²) in [6, 6.07) is 1.77. The topological polar surface area (TPSA) is 85.4 Å². The number of nitrogens with zero attached hydrogens (tertiary/aromatic N) is 4.